The first-order valence-corrected chi connectivity index (χ1v) is 12.8. The first-order valence-electron chi connectivity index (χ1n) is 10.1. The monoisotopic (exact) mass is 453 g/mol. The van der Waals surface area contributed by atoms with Crippen molar-refractivity contribution in [3.63, 3.8) is 0 Å². The lowest BCUT2D eigenvalue weighted by atomic mass is 10.2. The molecule has 2 saturated heterocycles. The van der Waals surface area contributed by atoms with Crippen molar-refractivity contribution in [2.24, 2.45) is 0 Å². The zero-order valence-corrected chi connectivity index (χ0v) is 19.1. The number of nitrogens with zero attached hydrogens (tertiary/aromatic N) is 3. The molecular weight excluding hydrogens is 426 g/mol. The summed E-state index contributed by atoms with van der Waals surface area (Å²) in [7, 11) is -1.87. The number of thiazole rings is 1. The normalized spacial score (nSPS) is 22.6. The third-order valence-corrected chi connectivity index (χ3v) is 8.24. The Hall–Kier alpha value is -1.75. The zero-order chi connectivity index (χ0) is 21.5. The van der Waals surface area contributed by atoms with E-state index in [-0.39, 0.29) is 12.0 Å². The molecule has 2 fully saturated rings. The van der Waals surface area contributed by atoms with Crippen LogP contribution < -0.4 is 9.64 Å². The van der Waals surface area contributed by atoms with Crippen molar-refractivity contribution in [1.29, 1.82) is 0 Å². The first-order chi connectivity index (χ1) is 14.3. The van der Waals surface area contributed by atoms with Crippen LogP contribution in [-0.4, -0.2) is 68.8 Å². The van der Waals surface area contributed by atoms with E-state index in [0.29, 0.717) is 48.9 Å². The van der Waals surface area contributed by atoms with Crippen LogP contribution in [0.5, 0.6) is 5.75 Å². The van der Waals surface area contributed by atoms with E-state index in [1.54, 1.807) is 12.0 Å². The van der Waals surface area contributed by atoms with E-state index in [0.717, 1.165) is 29.4 Å². The quantitative estimate of drug-likeness (QED) is 0.668. The van der Waals surface area contributed by atoms with Crippen molar-refractivity contribution in [1.82, 2.24) is 9.29 Å². The Kier molecular flexibility index (Phi) is 6.02. The molecule has 1 aromatic carbocycles. The summed E-state index contributed by atoms with van der Waals surface area (Å²) in [4.78, 5) is 20.0. The minimum Gasteiger partial charge on any atom is -0.494 e. The lowest BCUT2D eigenvalue weighted by Gasteiger charge is -2.29. The fourth-order valence-electron chi connectivity index (χ4n) is 4.20. The van der Waals surface area contributed by atoms with Gasteiger partial charge in [0.15, 0.2) is 5.13 Å². The molecule has 0 N–H and O–H groups in total. The van der Waals surface area contributed by atoms with Gasteiger partial charge in [-0.1, -0.05) is 17.4 Å². The molecule has 0 aliphatic carbocycles. The van der Waals surface area contributed by atoms with Gasteiger partial charge in [-0.15, -0.1) is 0 Å². The summed E-state index contributed by atoms with van der Waals surface area (Å²) >= 11 is 1.43. The molecule has 2 aromatic rings. The van der Waals surface area contributed by atoms with Crippen LogP contribution in [0.2, 0.25) is 0 Å². The zero-order valence-electron chi connectivity index (χ0n) is 17.5. The second kappa shape index (κ2) is 8.41. The van der Waals surface area contributed by atoms with Crippen molar-refractivity contribution in [3.05, 3.63) is 17.7 Å². The predicted octanol–water partition coefficient (Wildman–Crippen LogP) is 2.55. The van der Waals surface area contributed by atoms with E-state index in [1.165, 1.54) is 15.6 Å². The van der Waals surface area contributed by atoms with Crippen LogP contribution in [0, 0.1) is 6.92 Å². The highest BCUT2D eigenvalue weighted by atomic mass is 32.2. The maximum absolute atomic E-state index is 13.6. The molecule has 2 unspecified atom stereocenters. The van der Waals surface area contributed by atoms with Crippen molar-refractivity contribution in [2.45, 2.75) is 44.8 Å². The average Bonchev–Trinajstić information content (AvgIpc) is 3.45. The molecule has 2 aliphatic heterocycles. The molecule has 1 amide bonds. The Bertz CT molecular complexity index is 1050. The maximum atomic E-state index is 13.6. The molecule has 2 aliphatic rings. The molecule has 164 valence electrons. The summed E-state index contributed by atoms with van der Waals surface area (Å²) in [5.41, 5.74) is 1.77. The smallest absolute Gasteiger partial charge is 0.247 e. The second-order valence-electron chi connectivity index (χ2n) is 7.87. The summed E-state index contributed by atoms with van der Waals surface area (Å²) in [5, 5.41) is 0.554. The number of benzene rings is 1. The predicted molar refractivity (Wildman–Crippen MR) is 117 cm³/mol. The molecule has 8 nitrogen and oxygen atoms in total. The number of hydrogen-bond donors (Lipinski definition) is 0. The SMILES string of the molecule is COc1ccc(C)c2sc(N(CC3CCCO3)C(=O)C3CCCN3S(C)(=O)=O)nc12. The van der Waals surface area contributed by atoms with Crippen LogP contribution in [0.3, 0.4) is 0 Å². The number of hydrogen-bond acceptors (Lipinski definition) is 7. The van der Waals surface area contributed by atoms with Gasteiger partial charge in [0.2, 0.25) is 15.9 Å². The Morgan fingerprint density at radius 1 is 1.37 bits per heavy atom. The molecule has 10 heteroatoms. The number of aryl methyl sites for hydroxylation is 1. The highest BCUT2D eigenvalue weighted by molar-refractivity contribution is 7.88. The van der Waals surface area contributed by atoms with Crippen LogP contribution in [0.1, 0.15) is 31.2 Å². The molecule has 0 radical (unpaired) electrons. The molecule has 30 heavy (non-hydrogen) atoms. The van der Waals surface area contributed by atoms with Gasteiger partial charge in [-0.2, -0.15) is 4.31 Å². The number of anilines is 1. The Labute approximate surface area is 180 Å². The number of rotatable bonds is 6. The lowest BCUT2D eigenvalue weighted by molar-refractivity contribution is -0.122. The van der Waals surface area contributed by atoms with E-state index < -0.39 is 16.1 Å². The molecule has 2 atom stereocenters. The van der Waals surface area contributed by atoms with E-state index in [4.69, 9.17) is 14.5 Å². The fourth-order valence-corrected chi connectivity index (χ4v) is 6.38. The Balaban J connectivity index is 1.74. The summed E-state index contributed by atoms with van der Waals surface area (Å²) in [6.45, 7) is 3.42. The standard InChI is InChI=1S/C20H27N3O5S2/c1-13-8-9-16(27-2)17-18(13)29-20(21-17)22(12-14-6-5-11-28-14)19(24)15-7-4-10-23(15)30(3,25)26/h8-9,14-15H,4-7,10-12H2,1-3H3. The molecule has 0 bridgehead atoms. The number of amides is 1. The third kappa shape index (κ3) is 4.05. The van der Waals surface area contributed by atoms with Crippen molar-refractivity contribution < 1.29 is 22.7 Å². The minimum atomic E-state index is -3.46. The Morgan fingerprint density at radius 2 is 2.17 bits per heavy atom. The topological polar surface area (TPSA) is 89.0 Å². The fraction of sp³-hybridized carbons (Fsp3) is 0.600. The number of ether oxygens (including phenoxy) is 2. The van der Waals surface area contributed by atoms with Crippen molar-refractivity contribution in [3.8, 4) is 5.75 Å². The second-order valence-corrected chi connectivity index (χ2v) is 10.8. The molecule has 1 aromatic heterocycles. The van der Waals surface area contributed by atoms with Gasteiger partial charge >= 0.3 is 0 Å². The molecule has 0 spiro atoms. The highest BCUT2D eigenvalue weighted by Gasteiger charge is 2.40. The highest BCUT2D eigenvalue weighted by Crippen LogP contribution is 2.37. The molecular formula is C20H27N3O5S2. The first kappa shape index (κ1) is 21.5. The van der Waals surface area contributed by atoms with Crippen LogP contribution in [0.15, 0.2) is 12.1 Å². The summed E-state index contributed by atoms with van der Waals surface area (Å²) in [6, 6.07) is 3.14. The third-order valence-electron chi connectivity index (χ3n) is 5.73. The average molecular weight is 454 g/mol. The molecule has 3 heterocycles. The van der Waals surface area contributed by atoms with Gasteiger partial charge in [-0.25, -0.2) is 13.4 Å². The van der Waals surface area contributed by atoms with E-state index in [9.17, 15) is 13.2 Å². The number of aromatic nitrogens is 1. The van der Waals surface area contributed by atoms with Gasteiger partial charge in [0, 0.05) is 13.2 Å². The van der Waals surface area contributed by atoms with Crippen LogP contribution in [0.4, 0.5) is 5.13 Å². The number of sulfonamides is 1. The van der Waals surface area contributed by atoms with Gasteiger partial charge in [0.25, 0.3) is 0 Å². The summed E-state index contributed by atoms with van der Waals surface area (Å²) in [6.07, 6.45) is 4.10. The maximum Gasteiger partial charge on any atom is 0.247 e. The van der Waals surface area contributed by atoms with Crippen LogP contribution in [0.25, 0.3) is 10.2 Å². The van der Waals surface area contributed by atoms with Crippen LogP contribution >= 0.6 is 11.3 Å². The minimum absolute atomic E-state index is 0.0722. The van der Waals surface area contributed by atoms with E-state index >= 15 is 0 Å². The van der Waals surface area contributed by atoms with Crippen LogP contribution in [-0.2, 0) is 19.6 Å². The number of carbonyl (C=O) groups is 1. The number of carbonyl (C=O) groups excluding carboxylic acids is 1. The van der Waals surface area contributed by atoms with Crippen molar-refractivity contribution in [2.75, 3.05) is 38.0 Å². The number of methoxy groups -OCH3 is 1. The van der Waals surface area contributed by atoms with Crippen molar-refractivity contribution >= 4 is 42.6 Å². The molecule has 0 saturated carbocycles. The summed E-state index contributed by atoms with van der Waals surface area (Å²) < 4.78 is 38.0. The van der Waals surface area contributed by atoms with Gasteiger partial charge < -0.3 is 9.47 Å². The Morgan fingerprint density at radius 3 is 2.83 bits per heavy atom. The van der Waals surface area contributed by atoms with Gasteiger partial charge in [0.1, 0.15) is 17.3 Å². The number of fused-ring (bicyclic) bond motifs is 1. The van der Waals surface area contributed by atoms with E-state index in [1.807, 2.05) is 19.1 Å². The lowest BCUT2D eigenvalue weighted by Crippen LogP contribution is -2.49. The largest absolute Gasteiger partial charge is 0.494 e. The van der Waals surface area contributed by atoms with Gasteiger partial charge in [0.05, 0.1) is 30.7 Å². The summed E-state index contributed by atoms with van der Waals surface area (Å²) in [5.74, 6) is 0.422. The van der Waals surface area contributed by atoms with E-state index in [2.05, 4.69) is 0 Å². The van der Waals surface area contributed by atoms with Gasteiger partial charge in [-0.05, 0) is 44.2 Å². The van der Waals surface area contributed by atoms with Gasteiger partial charge in [-0.3, -0.25) is 9.69 Å². The molecule has 4 rings (SSSR count).